The van der Waals surface area contributed by atoms with Gasteiger partial charge in [0.25, 0.3) is 0 Å². The Hall–Kier alpha value is -1.53. The molecule has 128 valence electrons. The SMILES string of the molecule is Cc1noc([C@@H]2CCCN2C(=O)C(C)(C)Sc2ccc(Cl)cc2)n1. The Morgan fingerprint density at radius 2 is 2.08 bits per heavy atom. The fourth-order valence-electron chi connectivity index (χ4n) is 2.90. The van der Waals surface area contributed by atoms with E-state index in [4.69, 9.17) is 16.1 Å². The molecule has 7 heteroatoms. The number of amides is 1. The van der Waals surface area contributed by atoms with Crippen LogP contribution in [-0.4, -0.2) is 32.2 Å². The average Bonchev–Trinajstić information content (AvgIpc) is 3.17. The average molecular weight is 366 g/mol. The van der Waals surface area contributed by atoms with Crippen molar-refractivity contribution in [2.45, 2.75) is 49.3 Å². The van der Waals surface area contributed by atoms with Crippen molar-refractivity contribution in [3.63, 3.8) is 0 Å². The molecule has 1 aromatic carbocycles. The zero-order chi connectivity index (χ0) is 17.3. The van der Waals surface area contributed by atoms with E-state index in [1.165, 1.54) is 11.8 Å². The van der Waals surface area contributed by atoms with E-state index in [1.807, 2.05) is 43.0 Å². The fraction of sp³-hybridized carbons (Fsp3) is 0.471. The van der Waals surface area contributed by atoms with Gasteiger partial charge in [0.2, 0.25) is 11.8 Å². The van der Waals surface area contributed by atoms with Crippen LogP contribution in [0.2, 0.25) is 5.02 Å². The molecule has 0 bridgehead atoms. The number of hydrogen-bond donors (Lipinski definition) is 0. The first kappa shape index (κ1) is 17.3. The van der Waals surface area contributed by atoms with Gasteiger partial charge in [-0.1, -0.05) is 16.8 Å². The number of carbonyl (C=O) groups is 1. The summed E-state index contributed by atoms with van der Waals surface area (Å²) in [5.74, 6) is 1.21. The minimum atomic E-state index is -0.592. The maximum absolute atomic E-state index is 13.1. The van der Waals surface area contributed by atoms with Gasteiger partial charge in [-0.15, -0.1) is 11.8 Å². The molecule has 0 radical (unpaired) electrons. The molecule has 5 nitrogen and oxygen atoms in total. The summed E-state index contributed by atoms with van der Waals surface area (Å²) >= 11 is 7.47. The van der Waals surface area contributed by atoms with Gasteiger partial charge in [0.15, 0.2) is 5.82 Å². The number of likely N-dealkylation sites (tertiary alicyclic amines) is 1. The summed E-state index contributed by atoms with van der Waals surface area (Å²) in [5.41, 5.74) is 0. The number of carbonyl (C=O) groups excluding carboxylic acids is 1. The lowest BCUT2D eigenvalue weighted by Crippen LogP contribution is -2.43. The Morgan fingerprint density at radius 1 is 1.38 bits per heavy atom. The number of hydrogen-bond acceptors (Lipinski definition) is 5. The summed E-state index contributed by atoms with van der Waals surface area (Å²) in [7, 11) is 0. The molecule has 2 heterocycles. The summed E-state index contributed by atoms with van der Waals surface area (Å²) in [6.45, 7) is 6.40. The van der Waals surface area contributed by atoms with E-state index < -0.39 is 4.75 Å². The van der Waals surface area contributed by atoms with Crippen LogP contribution in [0.4, 0.5) is 0 Å². The maximum Gasteiger partial charge on any atom is 0.249 e. The summed E-state index contributed by atoms with van der Waals surface area (Å²) in [6.07, 6.45) is 1.80. The lowest BCUT2D eigenvalue weighted by atomic mass is 10.1. The van der Waals surface area contributed by atoms with Gasteiger partial charge in [-0.05, 0) is 57.9 Å². The van der Waals surface area contributed by atoms with E-state index in [0.717, 1.165) is 24.3 Å². The largest absolute Gasteiger partial charge is 0.337 e. The molecule has 1 aliphatic rings. The minimum Gasteiger partial charge on any atom is -0.337 e. The van der Waals surface area contributed by atoms with Crippen molar-refractivity contribution in [2.75, 3.05) is 6.54 Å². The van der Waals surface area contributed by atoms with Crippen LogP contribution < -0.4 is 0 Å². The van der Waals surface area contributed by atoms with E-state index in [9.17, 15) is 4.79 Å². The van der Waals surface area contributed by atoms with Crippen LogP contribution in [0.5, 0.6) is 0 Å². The van der Waals surface area contributed by atoms with E-state index in [0.29, 0.717) is 16.7 Å². The second kappa shape index (κ2) is 6.76. The molecular weight excluding hydrogens is 346 g/mol. The van der Waals surface area contributed by atoms with Crippen LogP contribution in [-0.2, 0) is 4.79 Å². The molecule has 1 saturated heterocycles. The molecule has 2 aromatic rings. The van der Waals surface area contributed by atoms with Gasteiger partial charge in [0.1, 0.15) is 6.04 Å². The number of aromatic nitrogens is 2. The van der Waals surface area contributed by atoms with Gasteiger partial charge in [0.05, 0.1) is 4.75 Å². The Morgan fingerprint density at radius 3 is 2.71 bits per heavy atom. The number of rotatable bonds is 4. The van der Waals surface area contributed by atoms with E-state index in [1.54, 1.807) is 6.92 Å². The number of nitrogens with zero attached hydrogens (tertiary/aromatic N) is 3. The van der Waals surface area contributed by atoms with Crippen LogP contribution in [0.15, 0.2) is 33.7 Å². The highest BCUT2D eigenvalue weighted by Crippen LogP contribution is 2.39. The first-order valence-corrected chi connectivity index (χ1v) is 9.12. The van der Waals surface area contributed by atoms with E-state index >= 15 is 0 Å². The van der Waals surface area contributed by atoms with Crippen LogP contribution >= 0.6 is 23.4 Å². The van der Waals surface area contributed by atoms with Gasteiger partial charge in [0, 0.05) is 16.5 Å². The molecule has 3 rings (SSSR count). The fourth-order valence-corrected chi connectivity index (χ4v) is 4.09. The standard InChI is InChI=1S/C17H20ClN3O2S/c1-11-19-15(23-20-11)14-5-4-10-21(14)16(22)17(2,3)24-13-8-6-12(18)7-9-13/h6-9,14H,4-5,10H2,1-3H3/t14-/m0/s1. The number of benzene rings is 1. The third kappa shape index (κ3) is 3.59. The summed E-state index contributed by atoms with van der Waals surface area (Å²) in [6, 6.07) is 7.42. The zero-order valence-electron chi connectivity index (χ0n) is 14.0. The molecule has 0 aliphatic carbocycles. The Kier molecular flexibility index (Phi) is 4.88. The summed E-state index contributed by atoms with van der Waals surface area (Å²) < 4.78 is 4.70. The van der Waals surface area contributed by atoms with Crippen LogP contribution in [0.3, 0.4) is 0 Å². The highest BCUT2D eigenvalue weighted by molar-refractivity contribution is 8.01. The van der Waals surface area contributed by atoms with E-state index in [2.05, 4.69) is 10.1 Å². The van der Waals surface area contributed by atoms with Crippen molar-refractivity contribution >= 4 is 29.3 Å². The van der Waals surface area contributed by atoms with Crippen LogP contribution in [0.1, 0.15) is 44.4 Å². The lowest BCUT2D eigenvalue weighted by Gasteiger charge is -2.31. The highest BCUT2D eigenvalue weighted by Gasteiger charge is 2.41. The molecular formula is C17H20ClN3O2S. The monoisotopic (exact) mass is 365 g/mol. The molecule has 0 spiro atoms. The van der Waals surface area contributed by atoms with Crippen molar-refractivity contribution in [3.05, 3.63) is 41.0 Å². The Balaban J connectivity index is 1.77. The quantitative estimate of drug-likeness (QED) is 0.757. The molecule has 0 saturated carbocycles. The van der Waals surface area contributed by atoms with Gasteiger partial charge in [-0.25, -0.2) is 0 Å². The predicted molar refractivity (Wildman–Crippen MR) is 94.1 cm³/mol. The van der Waals surface area contributed by atoms with Crippen molar-refractivity contribution < 1.29 is 9.32 Å². The Labute approximate surface area is 150 Å². The molecule has 0 N–H and O–H groups in total. The van der Waals surface area contributed by atoms with Gasteiger partial charge in [-0.2, -0.15) is 4.98 Å². The van der Waals surface area contributed by atoms with Crippen LogP contribution in [0.25, 0.3) is 0 Å². The molecule has 24 heavy (non-hydrogen) atoms. The molecule has 1 aliphatic heterocycles. The summed E-state index contributed by atoms with van der Waals surface area (Å²) in [4.78, 5) is 20.3. The maximum atomic E-state index is 13.1. The van der Waals surface area contributed by atoms with Gasteiger partial charge < -0.3 is 9.42 Å². The van der Waals surface area contributed by atoms with Crippen molar-refractivity contribution in [2.24, 2.45) is 0 Å². The normalized spacial score (nSPS) is 18.2. The second-order valence-corrected chi connectivity index (χ2v) is 8.54. The van der Waals surface area contributed by atoms with Crippen molar-refractivity contribution in [3.8, 4) is 0 Å². The second-order valence-electron chi connectivity index (χ2n) is 6.40. The third-order valence-corrected chi connectivity index (χ3v) is 5.49. The van der Waals surface area contributed by atoms with Crippen LogP contribution in [0, 0.1) is 6.92 Å². The predicted octanol–water partition coefficient (Wildman–Crippen LogP) is 4.27. The topological polar surface area (TPSA) is 59.2 Å². The number of aryl methyl sites for hydroxylation is 1. The lowest BCUT2D eigenvalue weighted by molar-refractivity contribution is -0.134. The van der Waals surface area contributed by atoms with E-state index in [-0.39, 0.29) is 11.9 Å². The first-order chi connectivity index (χ1) is 11.4. The Bertz CT molecular complexity index is 730. The number of halogens is 1. The molecule has 1 fully saturated rings. The van der Waals surface area contributed by atoms with Gasteiger partial charge >= 0.3 is 0 Å². The molecule has 1 amide bonds. The molecule has 1 aromatic heterocycles. The third-order valence-electron chi connectivity index (χ3n) is 4.04. The number of thioether (sulfide) groups is 1. The summed E-state index contributed by atoms with van der Waals surface area (Å²) in [5, 5.41) is 4.54. The highest BCUT2D eigenvalue weighted by atomic mass is 35.5. The minimum absolute atomic E-state index is 0.0841. The van der Waals surface area contributed by atoms with Crippen molar-refractivity contribution in [1.82, 2.24) is 15.0 Å². The molecule has 0 unspecified atom stereocenters. The van der Waals surface area contributed by atoms with Gasteiger partial charge in [-0.3, -0.25) is 4.79 Å². The molecule has 1 atom stereocenters. The van der Waals surface area contributed by atoms with Crippen molar-refractivity contribution in [1.29, 1.82) is 0 Å². The zero-order valence-corrected chi connectivity index (χ0v) is 15.5. The first-order valence-electron chi connectivity index (χ1n) is 7.93. The smallest absolute Gasteiger partial charge is 0.249 e.